The first kappa shape index (κ1) is 12.8. The number of fused-ring (bicyclic) bond motifs is 1. The van der Waals surface area contributed by atoms with Gasteiger partial charge < -0.3 is 10.1 Å². The topological polar surface area (TPSA) is 38.3 Å². The van der Waals surface area contributed by atoms with E-state index < -0.39 is 0 Å². The highest BCUT2D eigenvalue weighted by Gasteiger charge is 2.18. The Balaban J connectivity index is 2.13. The summed E-state index contributed by atoms with van der Waals surface area (Å²) in [5, 5.41) is 2.54. The molecular weight excluding hydrogens is 302 g/mol. The molecule has 1 aromatic carbocycles. The molecule has 0 saturated carbocycles. The Morgan fingerprint density at radius 1 is 1.65 bits per heavy atom. The Bertz CT molecular complexity index is 448. The van der Waals surface area contributed by atoms with Crippen molar-refractivity contribution in [3.05, 3.63) is 27.7 Å². The summed E-state index contributed by atoms with van der Waals surface area (Å²) < 4.78 is 6.60. The maximum absolute atomic E-state index is 11.5. The largest absolute Gasteiger partial charge is 0.493 e. The normalized spacial score (nSPS) is 15.0. The van der Waals surface area contributed by atoms with Crippen LogP contribution in [0.4, 0.5) is 0 Å². The number of rotatable bonds is 3. The summed E-state index contributed by atoms with van der Waals surface area (Å²) in [6.07, 6.45) is 0.929. The van der Waals surface area contributed by atoms with Gasteiger partial charge in [-0.1, -0.05) is 15.9 Å². The first-order valence-electron chi connectivity index (χ1n) is 5.48. The van der Waals surface area contributed by atoms with Gasteiger partial charge in [-0.25, -0.2) is 0 Å². The molecule has 3 nitrogen and oxygen atoms in total. The van der Waals surface area contributed by atoms with Crippen LogP contribution in [0.2, 0.25) is 0 Å². The number of carbonyl (C=O) groups excluding carboxylic acids is 1. The lowest BCUT2D eigenvalue weighted by Crippen LogP contribution is -2.29. The number of benzene rings is 1. The number of halogens is 1. The van der Waals surface area contributed by atoms with Gasteiger partial charge in [-0.3, -0.25) is 4.79 Å². The standard InChI is InChI=1S/C12H14BrNO2S/c1-7(17)12(15)14-6-9-5-10(13)4-8-2-3-16-11(8)9/h4-5,7,17H,2-3,6H2,1H3,(H,14,15). The van der Waals surface area contributed by atoms with E-state index in [1.54, 1.807) is 6.92 Å². The molecule has 1 heterocycles. The van der Waals surface area contributed by atoms with Crippen molar-refractivity contribution in [2.45, 2.75) is 25.1 Å². The number of hydrogen-bond acceptors (Lipinski definition) is 3. The predicted octanol–water partition coefficient (Wildman–Crippen LogP) is 2.32. The second kappa shape index (κ2) is 5.31. The van der Waals surface area contributed by atoms with Crippen LogP contribution in [0.3, 0.4) is 0 Å². The molecule has 0 aliphatic carbocycles. The predicted molar refractivity (Wildman–Crippen MR) is 73.6 cm³/mol. The molecule has 0 aromatic heterocycles. The average molecular weight is 316 g/mol. The van der Waals surface area contributed by atoms with Crippen molar-refractivity contribution >= 4 is 34.5 Å². The van der Waals surface area contributed by atoms with Crippen molar-refractivity contribution in [3.63, 3.8) is 0 Å². The van der Waals surface area contributed by atoms with Gasteiger partial charge >= 0.3 is 0 Å². The molecule has 1 aromatic rings. The summed E-state index contributed by atoms with van der Waals surface area (Å²) in [6.45, 7) is 2.95. The highest BCUT2D eigenvalue weighted by atomic mass is 79.9. The Morgan fingerprint density at radius 3 is 3.12 bits per heavy atom. The number of carbonyl (C=O) groups is 1. The second-order valence-electron chi connectivity index (χ2n) is 4.05. The number of ether oxygens (including phenoxy) is 1. The van der Waals surface area contributed by atoms with Crippen molar-refractivity contribution in [1.82, 2.24) is 5.32 Å². The van der Waals surface area contributed by atoms with Gasteiger partial charge in [0.15, 0.2) is 0 Å². The van der Waals surface area contributed by atoms with Crippen LogP contribution in [0.1, 0.15) is 18.1 Å². The first-order chi connectivity index (χ1) is 8.08. The van der Waals surface area contributed by atoms with E-state index in [4.69, 9.17) is 4.74 Å². The van der Waals surface area contributed by atoms with E-state index in [-0.39, 0.29) is 11.2 Å². The summed E-state index contributed by atoms with van der Waals surface area (Å²) in [6, 6.07) is 4.04. The molecule has 0 saturated heterocycles. The van der Waals surface area contributed by atoms with Crippen LogP contribution in [-0.4, -0.2) is 17.8 Å². The highest BCUT2D eigenvalue weighted by molar-refractivity contribution is 9.10. The van der Waals surface area contributed by atoms with E-state index in [0.717, 1.165) is 28.8 Å². The lowest BCUT2D eigenvalue weighted by atomic mass is 10.1. The summed E-state index contributed by atoms with van der Waals surface area (Å²) in [5.74, 6) is 0.848. The molecule has 1 aliphatic heterocycles. The zero-order valence-corrected chi connectivity index (χ0v) is 12.0. The molecule has 0 fully saturated rings. The Kier molecular flexibility index (Phi) is 3.99. The Labute approximate surface area is 114 Å². The third kappa shape index (κ3) is 2.96. The lowest BCUT2D eigenvalue weighted by Gasteiger charge is -2.11. The zero-order valence-electron chi connectivity index (χ0n) is 9.50. The van der Waals surface area contributed by atoms with E-state index in [1.807, 2.05) is 6.07 Å². The molecule has 1 atom stereocenters. The molecule has 1 N–H and O–H groups in total. The molecule has 17 heavy (non-hydrogen) atoms. The molecule has 1 aliphatic rings. The van der Waals surface area contributed by atoms with E-state index >= 15 is 0 Å². The Morgan fingerprint density at radius 2 is 2.41 bits per heavy atom. The van der Waals surface area contributed by atoms with Gasteiger partial charge in [0.1, 0.15) is 5.75 Å². The fourth-order valence-electron chi connectivity index (χ4n) is 1.81. The third-order valence-corrected chi connectivity index (χ3v) is 3.35. The van der Waals surface area contributed by atoms with E-state index in [1.165, 1.54) is 5.56 Å². The van der Waals surface area contributed by atoms with Crippen LogP contribution in [0.15, 0.2) is 16.6 Å². The molecular formula is C12H14BrNO2S. The molecule has 0 bridgehead atoms. The van der Waals surface area contributed by atoms with Gasteiger partial charge in [0, 0.05) is 23.0 Å². The number of nitrogens with one attached hydrogen (secondary N) is 1. The van der Waals surface area contributed by atoms with E-state index in [0.29, 0.717) is 6.54 Å². The van der Waals surface area contributed by atoms with Gasteiger partial charge in [-0.2, -0.15) is 12.6 Å². The fraction of sp³-hybridized carbons (Fsp3) is 0.417. The van der Waals surface area contributed by atoms with Gasteiger partial charge in [0.2, 0.25) is 5.91 Å². The molecule has 1 amide bonds. The second-order valence-corrected chi connectivity index (χ2v) is 5.74. The van der Waals surface area contributed by atoms with Crippen LogP contribution in [0.25, 0.3) is 0 Å². The average Bonchev–Trinajstić information content (AvgIpc) is 2.72. The molecule has 0 radical (unpaired) electrons. The maximum atomic E-state index is 11.5. The first-order valence-corrected chi connectivity index (χ1v) is 6.78. The minimum atomic E-state index is -0.295. The molecule has 2 rings (SSSR count). The summed E-state index contributed by atoms with van der Waals surface area (Å²) >= 11 is 7.56. The monoisotopic (exact) mass is 315 g/mol. The molecule has 1 unspecified atom stereocenters. The zero-order chi connectivity index (χ0) is 12.4. The van der Waals surface area contributed by atoms with E-state index in [2.05, 4.69) is 39.9 Å². The van der Waals surface area contributed by atoms with Gasteiger partial charge in [0.05, 0.1) is 11.9 Å². The SMILES string of the molecule is CC(S)C(=O)NCc1cc(Br)cc2c1OCC2. The van der Waals surface area contributed by atoms with Gasteiger partial charge in [-0.15, -0.1) is 0 Å². The number of amides is 1. The van der Waals surface area contributed by atoms with Crippen LogP contribution < -0.4 is 10.1 Å². The van der Waals surface area contributed by atoms with Gasteiger partial charge in [0.25, 0.3) is 0 Å². The third-order valence-electron chi connectivity index (χ3n) is 2.66. The fourth-order valence-corrected chi connectivity index (χ4v) is 2.45. The quantitative estimate of drug-likeness (QED) is 0.840. The molecule has 92 valence electrons. The summed E-state index contributed by atoms with van der Waals surface area (Å²) in [4.78, 5) is 11.5. The van der Waals surface area contributed by atoms with Crippen LogP contribution in [0, 0.1) is 0 Å². The van der Waals surface area contributed by atoms with Crippen molar-refractivity contribution in [2.75, 3.05) is 6.61 Å². The van der Waals surface area contributed by atoms with Crippen LogP contribution >= 0.6 is 28.6 Å². The lowest BCUT2D eigenvalue weighted by molar-refractivity contribution is -0.120. The number of thiol groups is 1. The van der Waals surface area contributed by atoms with Crippen molar-refractivity contribution in [1.29, 1.82) is 0 Å². The number of hydrogen-bond donors (Lipinski definition) is 2. The van der Waals surface area contributed by atoms with Crippen LogP contribution in [-0.2, 0) is 17.8 Å². The summed E-state index contributed by atoms with van der Waals surface area (Å²) in [5.41, 5.74) is 2.21. The summed E-state index contributed by atoms with van der Waals surface area (Å²) in [7, 11) is 0. The van der Waals surface area contributed by atoms with Crippen molar-refractivity contribution in [2.24, 2.45) is 0 Å². The highest BCUT2D eigenvalue weighted by Crippen LogP contribution is 2.32. The van der Waals surface area contributed by atoms with Crippen molar-refractivity contribution < 1.29 is 9.53 Å². The minimum Gasteiger partial charge on any atom is -0.493 e. The maximum Gasteiger partial charge on any atom is 0.232 e. The van der Waals surface area contributed by atoms with E-state index in [9.17, 15) is 4.79 Å². The smallest absolute Gasteiger partial charge is 0.232 e. The van der Waals surface area contributed by atoms with Crippen LogP contribution in [0.5, 0.6) is 5.75 Å². The van der Waals surface area contributed by atoms with Crippen molar-refractivity contribution in [3.8, 4) is 5.75 Å². The Hall–Kier alpha value is -0.680. The molecule has 5 heteroatoms. The minimum absolute atomic E-state index is 0.0694. The van der Waals surface area contributed by atoms with Gasteiger partial charge in [-0.05, 0) is 24.6 Å². The molecule has 0 spiro atoms.